The molecule has 0 aliphatic heterocycles. The molecule has 2 atom stereocenters. The molecule has 0 aliphatic rings. The topological polar surface area (TPSA) is 20.2 Å². The van der Waals surface area contributed by atoms with Crippen LogP contribution in [0.15, 0.2) is 0 Å². The standard InChI is InChI=1S/C8H13IO/c1-4-6-8(10,5-2)7(3)9/h1,7,10H,5-6H2,2-3H3. The second-order valence-corrected chi connectivity index (χ2v) is 4.32. The molecule has 0 saturated heterocycles. The minimum Gasteiger partial charge on any atom is -0.388 e. The van der Waals surface area contributed by atoms with E-state index < -0.39 is 5.60 Å². The lowest BCUT2D eigenvalue weighted by molar-refractivity contribution is 0.0477. The van der Waals surface area contributed by atoms with Gasteiger partial charge in [-0.25, -0.2) is 0 Å². The molecule has 58 valence electrons. The van der Waals surface area contributed by atoms with E-state index in [4.69, 9.17) is 6.42 Å². The Kier molecular flexibility index (Phi) is 4.30. The zero-order chi connectivity index (χ0) is 8.20. The number of terminal acetylenes is 1. The summed E-state index contributed by atoms with van der Waals surface area (Å²) in [6.07, 6.45) is 6.29. The normalized spacial score (nSPS) is 19.1. The minimum atomic E-state index is -0.657. The second-order valence-electron chi connectivity index (χ2n) is 2.45. The molecular weight excluding hydrogens is 239 g/mol. The van der Waals surface area contributed by atoms with Gasteiger partial charge in [-0.3, -0.25) is 0 Å². The lowest BCUT2D eigenvalue weighted by Crippen LogP contribution is -2.35. The maximum Gasteiger partial charge on any atom is 0.0868 e. The van der Waals surface area contributed by atoms with Crippen molar-refractivity contribution in [1.82, 2.24) is 0 Å². The van der Waals surface area contributed by atoms with Gasteiger partial charge in [0.15, 0.2) is 0 Å². The van der Waals surface area contributed by atoms with Crippen LogP contribution in [0.5, 0.6) is 0 Å². The highest BCUT2D eigenvalue weighted by molar-refractivity contribution is 14.1. The summed E-state index contributed by atoms with van der Waals surface area (Å²) in [6.45, 7) is 3.92. The van der Waals surface area contributed by atoms with Crippen molar-refractivity contribution in [1.29, 1.82) is 0 Å². The van der Waals surface area contributed by atoms with Crippen LogP contribution in [0.25, 0.3) is 0 Å². The molecular formula is C8H13IO. The monoisotopic (exact) mass is 252 g/mol. The van der Waals surface area contributed by atoms with E-state index in [2.05, 4.69) is 28.5 Å². The molecule has 0 aromatic heterocycles. The van der Waals surface area contributed by atoms with Crippen LogP contribution in [0, 0.1) is 12.3 Å². The van der Waals surface area contributed by atoms with E-state index in [9.17, 15) is 5.11 Å². The highest BCUT2D eigenvalue weighted by atomic mass is 127. The Morgan fingerprint density at radius 2 is 2.30 bits per heavy atom. The molecule has 10 heavy (non-hydrogen) atoms. The van der Waals surface area contributed by atoms with Crippen molar-refractivity contribution < 1.29 is 5.11 Å². The van der Waals surface area contributed by atoms with Crippen molar-refractivity contribution in [3.8, 4) is 12.3 Å². The fourth-order valence-electron chi connectivity index (χ4n) is 0.724. The Balaban J connectivity index is 4.11. The molecule has 0 radical (unpaired) electrons. The summed E-state index contributed by atoms with van der Waals surface area (Å²) in [4.78, 5) is 0. The summed E-state index contributed by atoms with van der Waals surface area (Å²) in [7, 11) is 0. The molecule has 0 fully saturated rings. The number of halogens is 1. The van der Waals surface area contributed by atoms with E-state index in [-0.39, 0.29) is 3.92 Å². The Labute approximate surface area is 76.3 Å². The van der Waals surface area contributed by atoms with Crippen molar-refractivity contribution in [3.05, 3.63) is 0 Å². The molecule has 2 unspecified atom stereocenters. The summed E-state index contributed by atoms with van der Waals surface area (Å²) < 4.78 is 0.214. The average molecular weight is 252 g/mol. The van der Waals surface area contributed by atoms with Gasteiger partial charge in [-0.2, -0.15) is 0 Å². The molecule has 0 heterocycles. The summed E-state index contributed by atoms with van der Waals surface area (Å²) in [5, 5.41) is 9.75. The maximum atomic E-state index is 9.75. The summed E-state index contributed by atoms with van der Waals surface area (Å²) >= 11 is 2.20. The van der Waals surface area contributed by atoms with Crippen molar-refractivity contribution in [2.24, 2.45) is 0 Å². The van der Waals surface area contributed by atoms with E-state index in [0.717, 1.165) is 6.42 Å². The van der Waals surface area contributed by atoms with Gasteiger partial charge in [-0.15, -0.1) is 12.3 Å². The SMILES string of the molecule is C#CCC(O)(CC)C(C)I. The average Bonchev–Trinajstić information content (AvgIpc) is 1.88. The molecule has 0 bridgehead atoms. The lowest BCUT2D eigenvalue weighted by atomic mass is 9.94. The number of hydrogen-bond donors (Lipinski definition) is 1. The van der Waals surface area contributed by atoms with Crippen molar-refractivity contribution in [2.75, 3.05) is 0 Å². The smallest absolute Gasteiger partial charge is 0.0868 e. The number of alkyl halides is 1. The number of aliphatic hydroxyl groups is 1. The zero-order valence-electron chi connectivity index (χ0n) is 6.39. The van der Waals surface area contributed by atoms with Gasteiger partial charge in [0.25, 0.3) is 0 Å². The summed E-state index contributed by atoms with van der Waals surface area (Å²) in [5.74, 6) is 2.49. The predicted octanol–water partition coefficient (Wildman–Crippen LogP) is 1.97. The van der Waals surface area contributed by atoms with Gasteiger partial charge in [0.2, 0.25) is 0 Å². The van der Waals surface area contributed by atoms with Gasteiger partial charge >= 0.3 is 0 Å². The molecule has 2 heteroatoms. The third kappa shape index (κ3) is 2.47. The van der Waals surface area contributed by atoms with Gasteiger partial charge in [0, 0.05) is 10.3 Å². The molecule has 0 aliphatic carbocycles. The Bertz CT molecular complexity index is 137. The lowest BCUT2D eigenvalue weighted by Gasteiger charge is -2.27. The quantitative estimate of drug-likeness (QED) is 0.462. The number of hydrogen-bond acceptors (Lipinski definition) is 1. The van der Waals surface area contributed by atoms with E-state index in [1.54, 1.807) is 0 Å². The largest absolute Gasteiger partial charge is 0.388 e. The van der Waals surface area contributed by atoms with Gasteiger partial charge < -0.3 is 5.11 Å². The molecule has 0 spiro atoms. The second kappa shape index (κ2) is 4.20. The molecule has 0 amide bonds. The molecule has 0 aromatic rings. The van der Waals surface area contributed by atoms with Crippen molar-refractivity contribution in [2.45, 2.75) is 36.2 Å². The van der Waals surface area contributed by atoms with Gasteiger partial charge in [0.05, 0.1) is 5.60 Å². The van der Waals surface area contributed by atoms with Gasteiger partial charge in [0.1, 0.15) is 0 Å². The van der Waals surface area contributed by atoms with Crippen molar-refractivity contribution in [3.63, 3.8) is 0 Å². The minimum absolute atomic E-state index is 0.214. The molecule has 0 aromatic carbocycles. The van der Waals surface area contributed by atoms with E-state index in [1.807, 2.05) is 13.8 Å². The van der Waals surface area contributed by atoms with Crippen LogP contribution >= 0.6 is 22.6 Å². The van der Waals surface area contributed by atoms with E-state index in [1.165, 1.54) is 0 Å². The number of rotatable bonds is 3. The first kappa shape index (κ1) is 10.2. The Hall–Kier alpha value is 0.250. The van der Waals surface area contributed by atoms with Crippen LogP contribution < -0.4 is 0 Å². The molecule has 1 nitrogen and oxygen atoms in total. The highest BCUT2D eigenvalue weighted by Crippen LogP contribution is 2.24. The Morgan fingerprint density at radius 3 is 2.40 bits per heavy atom. The third-order valence-corrected chi connectivity index (χ3v) is 2.92. The zero-order valence-corrected chi connectivity index (χ0v) is 8.55. The van der Waals surface area contributed by atoms with E-state index >= 15 is 0 Å². The molecule has 1 N–H and O–H groups in total. The summed E-state index contributed by atoms with van der Waals surface area (Å²) in [5.41, 5.74) is -0.657. The van der Waals surface area contributed by atoms with Crippen LogP contribution in [-0.4, -0.2) is 14.6 Å². The fraction of sp³-hybridized carbons (Fsp3) is 0.750. The van der Waals surface area contributed by atoms with Gasteiger partial charge in [-0.1, -0.05) is 36.4 Å². The van der Waals surface area contributed by atoms with E-state index in [0.29, 0.717) is 6.42 Å². The van der Waals surface area contributed by atoms with Crippen LogP contribution in [0.3, 0.4) is 0 Å². The summed E-state index contributed by atoms with van der Waals surface area (Å²) in [6, 6.07) is 0. The first-order valence-electron chi connectivity index (χ1n) is 3.36. The van der Waals surface area contributed by atoms with Crippen LogP contribution in [0.2, 0.25) is 0 Å². The fourth-order valence-corrected chi connectivity index (χ4v) is 1.38. The van der Waals surface area contributed by atoms with Crippen LogP contribution in [0.4, 0.5) is 0 Å². The predicted molar refractivity (Wildman–Crippen MR) is 52.2 cm³/mol. The van der Waals surface area contributed by atoms with Crippen molar-refractivity contribution >= 4 is 22.6 Å². The van der Waals surface area contributed by atoms with Crippen LogP contribution in [-0.2, 0) is 0 Å². The maximum absolute atomic E-state index is 9.75. The van der Waals surface area contributed by atoms with Crippen LogP contribution in [0.1, 0.15) is 26.7 Å². The first-order chi connectivity index (χ1) is 4.56. The third-order valence-electron chi connectivity index (χ3n) is 1.76. The molecule has 0 rings (SSSR count). The Morgan fingerprint density at radius 1 is 1.80 bits per heavy atom. The molecule has 0 saturated carbocycles. The van der Waals surface area contributed by atoms with Gasteiger partial charge in [-0.05, 0) is 6.42 Å². The first-order valence-corrected chi connectivity index (χ1v) is 4.61. The highest BCUT2D eigenvalue weighted by Gasteiger charge is 2.28.